The number of benzene rings is 2. The molecule has 0 N–H and O–H groups in total. The van der Waals surface area contributed by atoms with E-state index in [1.807, 2.05) is 39.8 Å². The van der Waals surface area contributed by atoms with Crippen LogP contribution >= 0.6 is 0 Å². The van der Waals surface area contributed by atoms with Gasteiger partial charge < -0.3 is 23.7 Å². The molecule has 0 fully saturated rings. The van der Waals surface area contributed by atoms with Crippen molar-refractivity contribution in [3.8, 4) is 28.7 Å². The third-order valence-corrected chi connectivity index (χ3v) is 9.61. The third-order valence-electron chi connectivity index (χ3n) is 9.61. The van der Waals surface area contributed by atoms with Gasteiger partial charge in [0, 0.05) is 25.7 Å². The normalized spacial score (nSPS) is 11.1. The van der Waals surface area contributed by atoms with Crippen LogP contribution in [-0.2, 0) is 25.6 Å². The molecule has 0 spiro atoms. The molecule has 2 rings (SSSR count). The molecule has 0 bridgehead atoms. The summed E-state index contributed by atoms with van der Waals surface area (Å²) in [6.07, 6.45) is 18.0. The fourth-order valence-electron chi connectivity index (χ4n) is 5.90. The smallest absolute Gasteiger partial charge is 0.311 e. The minimum absolute atomic E-state index is 0.159. The standard InChI is InChI=1S/C30H50O4.C19H28O5/c1-6-7-8-9-10-11-12-13-14-15-17-26-18-16-19-27(33-28(31)22-20-24(2)3)30(26)34-29(32)23-21-25(4)5;1-13(2)9-11-17(20)23-16-8-6-7-15(22-5)19(16)24-18(21)12-10-14(3)4/h16,18-19,24-25H,6-15,17,20-23H2,1-5H3;6-8,13-14H,9-12H2,1-5H3. The fourth-order valence-corrected chi connectivity index (χ4v) is 5.90. The molecule has 0 aliphatic rings. The van der Waals surface area contributed by atoms with Crippen LogP contribution in [0.15, 0.2) is 36.4 Å². The second-order valence-electron chi connectivity index (χ2n) is 17.1. The minimum Gasteiger partial charge on any atom is -0.493 e. The van der Waals surface area contributed by atoms with Gasteiger partial charge in [0.1, 0.15) is 0 Å². The zero-order chi connectivity index (χ0) is 43.3. The van der Waals surface area contributed by atoms with Crippen LogP contribution in [-0.4, -0.2) is 31.0 Å². The summed E-state index contributed by atoms with van der Waals surface area (Å²) >= 11 is 0. The van der Waals surface area contributed by atoms with Crippen molar-refractivity contribution < 1.29 is 42.9 Å². The Morgan fingerprint density at radius 1 is 0.448 bits per heavy atom. The van der Waals surface area contributed by atoms with E-state index in [9.17, 15) is 19.2 Å². The summed E-state index contributed by atoms with van der Waals surface area (Å²) in [6, 6.07) is 10.6. The molecular weight excluding hydrogens is 733 g/mol. The zero-order valence-corrected chi connectivity index (χ0v) is 37.9. The van der Waals surface area contributed by atoms with Gasteiger partial charge in [-0.25, -0.2) is 0 Å². The van der Waals surface area contributed by atoms with Gasteiger partial charge in [-0.05, 0) is 86.0 Å². The Labute approximate surface area is 351 Å². The number of aryl methyl sites for hydroxylation is 1. The lowest BCUT2D eigenvalue weighted by molar-refractivity contribution is -0.137. The van der Waals surface area contributed by atoms with Crippen LogP contribution in [0.25, 0.3) is 0 Å². The molecule has 0 aliphatic heterocycles. The predicted molar refractivity (Wildman–Crippen MR) is 234 cm³/mol. The number of hydrogen-bond donors (Lipinski definition) is 0. The first-order chi connectivity index (χ1) is 27.7. The van der Waals surface area contributed by atoms with E-state index >= 15 is 0 Å². The maximum atomic E-state index is 12.5. The first kappa shape index (κ1) is 52.1. The summed E-state index contributed by atoms with van der Waals surface area (Å²) in [5, 5.41) is 0. The van der Waals surface area contributed by atoms with Crippen molar-refractivity contribution in [3.05, 3.63) is 42.0 Å². The van der Waals surface area contributed by atoms with Crippen molar-refractivity contribution in [1.82, 2.24) is 0 Å². The number of para-hydroxylation sites is 2. The summed E-state index contributed by atoms with van der Waals surface area (Å²) in [5.41, 5.74) is 0.951. The number of ether oxygens (including phenoxy) is 5. The van der Waals surface area contributed by atoms with Gasteiger partial charge in [0.15, 0.2) is 23.0 Å². The molecule has 0 amide bonds. The summed E-state index contributed by atoms with van der Waals surface area (Å²) in [4.78, 5) is 48.8. The van der Waals surface area contributed by atoms with Gasteiger partial charge >= 0.3 is 23.9 Å². The topological polar surface area (TPSA) is 114 Å². The maximum Gasteiger partial charge on any atom is 0.311 e. The summed E-state index contributed by atoms with van der Waals surface area (Å²) in [5.74, 6) is 1.97. The number of carbonyl (C=O) groups is 4. The molecule has 0 aliphatic carbocycles. The van der Waals surface area contributed by atoms with Crippen LogP contribution in [0.2, 0.25) is 0 Å². The van der Waals surface area contributed by atoms with Crippen molar-refractivity contribution in [2.24, 2.45) is 23.7 Å². The Kier molecular flexibility index (Phi) is 28.0. The van der Waals surface area contributed by atoms with E-state index < -0.39 is 0 Å². The Hall–Kier alpha value is -3.88. The highest BCUT2D eigenvalue weighted by atomic mass is 16.6. The molecule has 328 valence electrons. The van der Waals surface area contributed by atoms with Crippen molar-refractivity contribution in [3.63, 3.8) is 0 Å². The van der Waals surface area contributed by atoms with Gasteiger partial charge in [0.25, 0.3) is 0 Å². The lowest BCUT2D eigenvalue weighted by Crippen LogP contribution is -2.14. The van der Waals surface area contributed by atoms with Gasteiger partial charge in [-0.3, -0.25) is 19.2 Å². The Bertz CT molecular complexity index is 1460. The number of esters is 4. The number of unbranched alkanes of at least 4 members (excludes halogenated alkanes) is 9. The van der Waals surface area contributed by atoms with Crippen LogP contribution in [0.1, 0.15) is 183 Å². The molecule has 2 aromatic rings. The van der Waals surface area contributed by atoms with Crippen molar-refractivity contribution in [2.45, 2.75) is 184 Å². The number of rotatable bonds is 28. The van der Waals surface area contributed by atoms with E-state index in [4.69, 9.17) is 23.7 Å². The number of methoxy groups -OCH3 is 1. The van der Waals surface area contributed by atoms with E-state index in [1.165, 1.54) is 58.5 Å². The molecule has 58 heavy (non-hydrogen) atoms. The average Bonchev–Trinajstić information content (AvgIpc) is 3.17. The van der Waals surface area contributed by atoms with E-state index in [2.05, 4.69) is 34.6 Å². The summed E-state index contributed by atoms with van der Waals surface area (Å²) in [7, 11) is 1.48. The average molecular weight is 811 g/mol. The van der Waals surface area contributed by atoms with Gasteiger partial charge in [0.05, 0.1) is 7.11 Å². The van der Waals surface area contributed by atoms with E-state index in [0.717, 1.165) is 50.5 Å². The first-order valence-electron chi connectivity index (χ1n) is 22.3. The quantitative estimate of drug-likeness (QED) is 0.0470. The SMILES string of the molecule is CCCCCCCCCCCCc1cccc(OC(=O)CCC(C)C)c1OC(=O)CCC(C)C.COc1cccc(OC(=O)CCC(C)C)c1OC(=O)CCC(C)C. The minimum atomic E-state index is -0.368. The summed E-state index contributed by atoms with van der Waals surface area (Å²) < 4.78 is 27.4. The van der Waals surface area contributed by atoms with Crippen LogP contribution in [0, 0.1) is 23.7 Å². The van der Waals surface area contributed by atoms with Crippen LogP contribution in [0.3, 0.4) is 0 Å². The molecule has 0 atom stereocenters. The molecule has 9 heteroatoms. The monoisotopic (exact) mass is 811 g/mol. The number of carbonyl (C=O) groups excluding carboxylic acids is 4. The molecule has 0 unspecified atom stereocenters. The van der Waals surface area contributed by atoms with Gasteiger partial charge in [-0.1, -0.05) is 138 Å². The zero-order valence-electron chi connectivity index (χ0n) is 37.9. The Balaban J connectivity index is 0.000000616. The molecule has 0 aromatic heterocycles. The Morgan fingerprint density at radius 3 is 1.21 bits per heavy atom. The molecule has 0 radical (unpaired) electrons. The fraction of sp³-hybridized carbons (Fsp3) is 0.673. The van der Waals surface area contributed by atoms with Crippen molar-refractivity contribution in [1.29, 1.82) is 0 Å². The van der Waals surface area contributed by atoms with Gasteiger partial charge in [-0.15, -0.1) is 0 Å². The van der Waals surface area contributed by atoms with E-state index in [-0.39, 0.29) is 35.4 Å². The molecular formula is C49H78O9. The summed E-state index contributed by atoms with van der Waals surface area (Å²) in [6.45, 7) is 18.8. The van der Waals surface area contributed by atoms with Crippen molar-refractivity contribution >= 4 is 23.9 Å². The predicted octanol–water partition coefficient (Wildman–Crippen LogP) is 13.2. The molecule has 2 aromatic carbocycles. The van der Waals surface area contributed by atoms with E-state index in [1.54, 1.807) is 24.3 Å². The van der Waals surface area contributed by atoms with Gasteiger partial charge in [0.2, 0.25) is 5.75 Å². The van der Waals surface area contributed by atoms with Crippen LogP contribution in [0.4, 0.5) is 0 Å². The lowest BCUT2D eigenvalue weighted by atomic mass is 10.0. The first-order valence-corrected chi connectivity index (χ1v) is 22.3. The van der Waals surface area contributed by atoms with Crippen LogP contribution in [0.5, 0.6) is 28.7 Å². The molecule has 0 saturated carbocycles. The Morgan fingerprint density at radius 2 is 0.793 bits per heavy atom. The maximum absolute atomic E-state index is 12.5. The second-order valence-corrected chi connectivity index (χ2v) is 17.1. The lowest BCUT2D eigenvalue weighted by Gasteiger charge is -2.15. The van der Waals surface area contributed by atoms with Crippen LogP contribution < -0.4 is 23.7 Å². The number of hydrogen-bond acceptors (Lipinski definition) is 9. The molecule has 0 saturated heterocycles. The molecule has 9 nitrogen and oxygen atoms in total. The van der Waals surface area contributed by atoms with Crippen molar-refractivity contribution in [2.75, 3.05) is 7.11 Å². The van der Waals surface area contributed by atoms with E-state index in [0.29, 0.717) is 66.6 Å². The molecule has 0 heterocycles. The highest BCUT2D eigenvalue weighted by Gasteiger charge is 2.20. The second kappa shape index (κ2) is 31.1. The highest BCUT2D eigenvalue weighted by Crippen LogP contribution is 2.38. The third kappa shape index (κ3) is 24.8. The highest BCUT2D eigenvalue weighted by molar-refractivity contribution is 5.78. The van der Waals surface area contributed by atoms with Gasteiger partial charge in [-0.2, -0.15) is 0 Å². The largest absolute Gasteiger partial charge is 0.493 e.